The van der Waals surface area contributed by atoms with Crippen LogP contribution in [-0.4, -0.2) is 71.6 Å². The van der Waals surface area contributed by atoms with E-state index >= 15 is 0 Å². The molecule has 2 fully saturated rings. The van der Waals surface area contributed by atoms with Crippen LogP contribution in [0.1, 0.15) is 25.0 Å². The lowest BCUT2D eigenvalue weighted by Crippen LogP contribution is -2.78. The molecular formula is C23H29FN5O2+. The van der Waals surface area contributed by atoms with Crippen molar-refractivity contribution in [2.45, 2.75) is 37.6 Å². The Kier molecular flexibility index (Phi) is 6.76. The average Bonchev–Trinajstić information content (AvgIpc) is 3.16. The van der Waals surface area contributed by atoms with Crippen molar-refractivity contribution >= 4 is 17.9 Å². The van der Waals surface area contributed by atoms with Gasteiger partial charge in [-0.1, -0.05) is 12.5 Å². The number of amides is 1. The summed E-state index contributed by atoms with van der Waals surface area (Å²) in [6, 6.07) is 4.95. The van der Waals surface area contributed by atoms with Crippen molar-refractivity contribution in [1.82, 2.24) is 14.8 Å². The van der Waals surface area contributed by atoms with Crippen molar-refractivity contribution in [3.63, 3.8) is 0 Å². The van der Waals surface area contributed by atoms with Gasteiger partial charge in [0.2, 0.25) is 6.04 Å². The van der Waals surface area contributed by atoms with E-state index in [1.807, 2.05) is 18.2 Å². The molecule has 2 aliphatic heterocycles. The first-order chi connectivity index (χ1) is 15.1. The molecule has 0 bridgehead atoms. The van der Waals surface area contributed by atoms with E-state index in [2.05, 4.69) is 14.9 Å². The van der Waals surface area contributed by atoms with Gasteiger partial charge in [-0.3, -0.25) is 14.8 Å². The first-order valence-electron chi connectivity index (χ1n) is 10.8. The van der Waals surface area contributed by atoms with Crippen LogP contribution in [0.5, 0.6) is 0 Å². The smallest absolute Gasteiger partial charge is 0.414 e. The van der Waals surface area contributed by atoms with E-state index in [4.69, 9.17) is 10.5 Å². The number of alkyl halides is 1. The minimum absolute atomic E-state index is 0.183. The number of nitrogens with one attached hydrogen (secondary N) is 1. The average molecular weight is 427 g/mol. The molecule has 3 aliphatic rings. The number of likely N-dealkylation sites (tertiary alicyclic amines) is 1. The quantitative estimate of drug-likeness (QED) is 0.663. The van der Waals surface area contributed by atoms with E-state index in [-0.39, 0.29) is 6.10 Å². The van der Waals surface area contributed by atoms with Gasteiger partial charge in [-0.25, -0.2) is 14.2 Å². The summed E-state index contributed by atoms with van der Waals surface area (Å²) in [6.45, 7) is 3.27. The second kappa shape index (κ2) is 9.87. The van der Waals surface area contributed by atoms with Crippen LogP contribution >= 0.6 is 0 Å². The fourth-order valence-electron chi connectivity index (χ4n) is 4.14. The van der Waals surface area contributed by atoms with Gasteiger partial charge in [0.15, 0.2) is 12.4 Å². The monoisotopic (exact) mass is 426 g/mol. The van der Waals surface area contributed by atoms with Crippen molar-refractivity contribution in [2.75, 3.05) is 26.2 Å². The van der Waals surface area contributed by atoms with Crippen LogP contribution in [0, 0.1) is 0 Å². The number of rotatable bonds is 6. The van der Waals surface area contributed by atoms with Gasteiger partial charge < -0.3 is 10.5 Å². The molecule has 164 valence electrons. The number of hydrogen-bond acceptors (Lipinski definition) is 5. The van der Waals surface area contributed by atoms with E-state index in [0.717, 1.165) is 19.6 Å². The second-order valence-electron chi connectivity index (χ2n) is 8.05. The molecule has 0 saturated carbocycles. The van der Waals surface area contributed by atoms with E-state index in [0.29, 0.717) is 23.5 Å². The summed E-state index contributed by atoms with van der Waals surface area (Å²) in [4.78, 5) is 23.5. The minimum Gasteiger partial charge on any atom is -0.443 e. The van der Waals surface area contributed by atoms with E-state index < -0.39 is 18.3 Å². The number of nitrogens with two attached hydrogens (primary N) is 1. The minimum atomic E-state index is -1.30. The first kappa shape index (κ1) is 21.2. The van der Waals surface area contributed by atoms with E-state index in [1.165, 1.54) is 36.4 Å². The summed E-state index contributed by atoms with van der Waals surface area (Å²) in [7, 11) is 0. The molecular weight excluding hydrogens is 397 g/mol. The van der Waals surface area contributed by atoms with Gasteiger partial charge in [0.05, 0.1) is 17.8 Å². The van der Waals surface area contributed by atoms with Gasteiger partial charge >= 0.3 is 6.09 Å². The molecule has 4 rings (SSSR count). The number of cyclic esters (lactones) is 1. The summed E-state index contributed by atoms with van der Waals surface area (Å²) < 4.78 is 20.4. The van der Waals surface area contributed by atoms with Crippen molar-refractivity contribution in [3.05, 3.63) is 60.2 Å². The SMILES string of the molecule is NC=C(C=[NH+]C1C=CC(N2CC(CN3CCCCC3)OC2=O)=CC1F)c1ccccn1. The van der Waals surface area contributed by atoms with E-state index in [1.54, 1.807) is 24.6 Å². The van der Waals surface area contributed by atoms with Crippen molar-refractivity contribution < 1.29 is 18.9 Å². The molecule has 0 spiro atoms. The van der Waals surface area contributed by atoms with Gasteiger partial charge in [-0.15, -0.1) is 0 Å². The Morgan fingerprint density at radius 3 is 2.87 bits per heavy atom. The molecule has 8 heteroatoms. The molecule has 1 aliphatic carbocycles. The number of nitrogens with zero attached hydrogens (tertiary/aromatic N) is 3. The molecule has 1 amide bonds. The maximum absolute atomic E-state index is 14.8. The molecule has 0 radical (unpaired) electrons. The second-order valence-corrected chi connectivity index (χ2v) is 8.05. The highest BCUT2D eigenvalue weighted by Gasteiger charge is 2.36. The predicted molar refractivity (Wildman–Crippen MR) is 117 cm³/mol. The summed E-state index contributed by atoms with van der Waals surface area (Å²) in [5, 5.41) is 0. The topological polar surface area (TPSA) is 85.7 Å². The third-order valence-electron chi connectivity index (χ3n) is 5.82. The number of hydrogen-bond donors (Lipinski definition) is 2. The van der Waals surface area contributed by atoms with Crippen molar-refractivity contribution in [2.24, 2.45) is 5.73 Å². The molecule has 0 aromatic carbocycles. The molecule has 1 aromatic heterocycles. The van der Waals surface area contributed by atoms with Gasteiger partial charge in [-0.05, 0) is 56.3 Å². The third-order valence-corrected chi connectivity index (χ3v) is 5.82. The Morgan fingerprint density at radius 2 is 2.16 bits per heavy atom. The molecule has 3 atom stereocenters. The first-order valence-corrected chi connectivity index (χ1v) is 10.8. The predicted octanol–water partition coefficient (Wildman–Crippen LogP) is 1.000. The summed E-state index contributed by atoms with van der Waals surface area (Å²) in [6.07, 6.45) is 11.4. The van der Waals surface area contributed by atoms with Crippen LogP contribution in [0.3, 0.4) is 0 Å². The lowest BCUT2D eigenvalue weighted by molar-refractivity contribution is -0.489. The van der Waals surface area contributed by atoms with Crippen LogP contribution in [-0.2, 0) is 4.74 Å². The van der Waals surface area contributed by atoms with Gasteiger partial charge in [0.1, 0.15) is 6.10 Å². The Labute approximate surface area is 181 Å². The number of piperidine rings is 1. The van der Waals surface area contributed by atoms with Gasteiger partial charge in [0, 0.05) is 24.6 Å². The summed E-state index contributed by atoms with van der Waals surface area (Å²) in [5.74, 6) is 0. The van der Waals surface area contributed by atoms with Crippen LogP contribution in [0.15, 0.2) is 54.5 Å². The maximum atomic E-state index is 14.8. The zero-order chi connectivity index (χ0) is 21.6. The fourth-order valence-corrected chi connectivity index (χ4v) is 4.14. The highest BCUT2D eigenvalue weighted by Crippen LogP contribution is 2.23. The lowest BCUT2D eigenvalue weighted by atomic mass is 10.0. The molecule has 2 saturated heterocycles. The molecule has 7 nitrogen and oxygen atoms in total. The highest BCUT2D eigenvalue weighted by atomic mass is 19.1. The number of carbonyl (C=O) groups excluding carboxylic acids is 1. The lowest BCUT2D eigenvalue weighted by Gasteiger charge is -2.28. The van der Waals surface area contributed by atoms with Crippen molar-refractivity contribution in [1.29, 1.82) is 0 Å². The number of allylic oxidation sites excluding steroid dienone is 2. The number of halogens is 1. The van der Waals surface area contributed by atoms with E-state index in [9.17, 15) is 9.18 Å². The van der Waals surface area contributed by atoms with Crippen LogP contribution in [0.25, 0.3) is 5.57 Å². The van der Waals surface area contributed by atoms with Gasteiger partial charge in [-0.2, -0.15) is 0 Å². The zero-order valence-corrected chi connectivity index (χ0v) is 17.5. The molecule has 1 aromatic rings. The van der Waals surface area contributed by atoms with Gasteiger partial charge in [0.25, 0.3) is 0 Å². The standard InChI is InChI=1S/C23H28FN5O2/c24-20-12-18(29-16-19(31-23(29)30)15-28-10-4-1-5-11-28)7-8-22(20)27-14-17(13-25)21-6-2-3-9-26-21/h2-3,6-9,12-14,19-20,22H,1,4-5,10-11,15-16,25H2/p+1. The largest absolute Gasteiger partial charge is 0.443 e. The number of ether oxygens (including phenoxy) is 1. The molecule has 3 heterocycles. The molecule has 3 N–H and O–H groups in total. The Hall–Kier alpha value is -3.00. The Morgan fingerprint density at radius 1 is 1.32 bits per heavy atom. The Bertz CT molecular complexity index is 892. The highest BCUT2D eigenvalue weighted by molar-refractivity contribution is 6.05. The van der Waals surface area contributed by atoms with Crippen LogP contribution in [0.4, 0.5) is 9.18 Å². The fraction of sp³-hybridized carbons (Fsp3) is 0.435. The number of pyridine rings is 1. The maximum Gasteiger partial charge on any atom is 0.414 e. The third kappa shape index (κ3) is 5.19. The summed E-state index contributed by atoms with van der Waals surface area (Å²) in [5.41, 5.74) is 7.60. The number of aromatic nitrogens is 1. The number of carbonyl (C=O) groups is 1. The van der Waals surface area contributed by atoms with Crippen molar-refractivity contribution in [3.8, 4) is 0 Å². The molecule has 3 unspecified atom stereocenters. The van der Waals surface area contributed by atoms with Crippen LogP contribution in [0.2, 0.25) is 0 Å². The Balaban J connectivity index is 1.36. The normalized spacial score (nSPS) is 27.6. The summed E-state index contributed by atoms with van der Waals surface area (Å²) >= 11 is 0. The zero-order valence-electron chi connectivity index (χ0n) is 17.5. The van der Waals surface area contributed by atoms with Crippen LogP contribution < -0.4 is 10.7 Å². The molecule has 31 heavy (non-hydrogen) atoms.